The van der Waals surface area contributed by atoms with Gasteiger partial charge < -0.3 is 5.32 Å². The molecule has 0 aromatic carbocycles. The van der Waals surface area contributed by atoms with E-state index in [0.29, 0.717) is 12.1 Å². The minimum Gasteiger partial charge on any atom is -0.314 e. The molecule has 1 aromatic rings. The zero-order valence-corrected chi connectivity index (χ0v) is 12.9. The first-order valence-electron chi connectivity index (χ1n) is 7.12. The van der Waals surface area contributed by atoms with E-state index in [9.17, 15) is 0 Å². The molecule has 0 aliphatic carbocycles. The molecular formula is C15H26N2S. The van der Waals surface area contributed by atoms with Crippen LogP contribution in [0.5, 0.6) is 0 Å². The monoisotopic (exact) mass is 266 g/mol. The van der Waals surface area contributed by atoms with E-state index < -0.39 is 0 Å². The van der Waals surface area contributed by atoms with Crippen LogP contribution in [0.4, 0.5) is 0 Å². The predicted molar refractivity (Wildman–Crippen MR) is 80.2 cm³/mol. The van der Waals surface area contributed by atoms with Crippen molar-refractivity contribution >= 4 is 11.3 Å². The fourth-order valence-corrected chi connectivity index (χ4v) is 3.83. The van der Waals surface area contributed by atoms with Gasteiger partial charge >= 0.3 is 0 Å². The molecule has 0 amide bonds. The lowest BCUT2D eigenvalue weighted by atomic mass is 9.86. The summed E-state index contributed by atoms with van der Waals surface area (Å²) < 4.78 is 0. The fraction of sp³-hybridized carbons (Fsp3) is 0.733. The third kappa shape index (κ3) is 2.95. The van der Waals surface area contributed by atoms with Gasteiger partial charge in [-0.3, -0.25) is 4.90 Å². The molecule has 1 saturated heterocycles. The molecule has 1 aromatic heterocycles. The normalized spacial score (nSPS) is 29.7. The van der Waals surface area contributed by atoms with Gasteiger partial charge in [0.05, 0.1) is 0 Å². The number of rotatable bonds is 4. The molecule has 3 heteroatoms. The molecule has 0 saturated carbocycles. The van der Waals surface area contributed by atoms with Gasteiger partial charge in [-0.1, -0.05) is 13.8 Å². The molecule has 0 bridgehead atoms. The Labute approximate surface area is 115 Å². The third-order valence-corrected chi connectivity index (χ3v) is 5.41. The van der Waals surface area contributed by atoms with Crippen LogP contribution < -0.4 is 5.32 Å². The van der Waals surface area contributed by atoms with Crippen LogP contribution in [0.2, 0.25) is 0 Å². The maximum absolute atomic E-state index is 3.63. The lowest BCUT2D eigenvalue weighted by Gasteiger charge is -2.43. The Bertz CT molecular complexity index is 374. The van der Waals surface area contributed by atoms with E-state index in [4.69, 9.17) is 0 Å². The maximum Gasteiger partial charge on any atom is 0.0247 e. The van der Waals surface area contributed by atoms with Crippen molar-refractivity contribution in [3.63, 3.8) is 0 Å². The van der Waals surface area contributed by atoms with Gasteiger partial charge in [-0.25, -0.2) is 0 Å². The number of thiophene rings is 1. The molecule has 3 atom stereocenters. The third-order valence-electron chi connectivity index (χ3n) is 4.50. The van der Waals surface area contributed by atoms with Gasteiger partial charge in [0.2, 0.25) is 0 Å². The first-order chi connectivity index (χ1) is 8.63. The number of hydrogen-bond acceptors (Lipinski definition) is 3. The van der Waals surface area contributed by atoms with Crippen molar-refractivity contribution in [1.29, 1.82) is 0 Å². The topological polar surface area (TPSA) is 15.3 Å². The zero-order chi connectivity index (χ0) is 13.1. The number of likely N-dealkylation sites (tertiary alicyclic amines) is 1. The molecular weight excluding hydrogens is 240 g/mol. The summed E-state index contributed by atoms with van der Waals surface area (Å²) in [6, 6.07) is 1.37. The van der Waals surface area contributed by atoms with Crippen molar-refractivity contribution in [2.45, 2.75) is 52.7 Å². The highest BCUT2D eigenvalue weighted by atomic mass is 32.1. The average Bonchev–Trinajstić information content (AvgIpc) is 2.75. The zero-order valence-electron chi connectivity index (χ0n) is 12.1. The van der Waals surface area contributed by atoms with E-state index in [1.807, 2.05) is 11.3 Å². The highest BCUT2D eigenvalue weighted by Crippen LogP contribution is 2.26. The Morgan fingerprint density at radius 1 is 1.39 bits per heavy atom. The second-order valence-corrected chi connectivity index (χ2v) is 6.35. The van der Waals surface area contributed by atoms with E-state index in [1.165, 1.54) is 24.1 Å². The van der Waals surface area contributed by atoms with Crippen molar-refractivity contribution < 1.29 is 0 Å². The Balaban J connectivity index is 1.98. The molecule has 0 spiro atoms. The second-order valence-electron chi connectivity index (χ2n) is 5.60. The van der Waals surface area contributed by atoms with E-state index in [-0.39, 0.29) is 0 Å². The number of nitrogens with zero attached hydrogens (tertiary/aromatic N) is 1. The Morgan fingerprint density at radius 3 is 2.78 bits per heavy atom. The van der Waals surface area contributed by atoms with Crippen LogP contribution in [0, 0.1) is 12.8 Å². The first kappa shape index (κ1) is 14.0. The molecule has 3 unspecified atom stereocenters. The molecule has 1 fully saturated rings. The largest absolute Gasteiger partial charge is 0.314 e. The first-order valence-corrected chi connectivity index (χ1v) is 8.06. The van der Waals surface area contributed by atoms with Gasteiger partial charge in [0.15, 0.2) is 0 Å². The molecule has 0 radical (unpaired) electrons. The Hall–Kier alpha value is -0.380. The van der Waals surface area contributed by atoms with Crippen molar-refractivity contribution in [3.05, 3.63) is 21.9 Å². The summed E-state index contributed by atoms with van der Waals surface area (Å²) >= 11 is 1.83. The summed E-state index contributed by atoms with van der Waals surface area (Å²) in [5, 5.41) is 8.20. The van der Waals surface area contributed by atoms with E-state index in [1.54, 1.807) is 0 Å². The summed E-state index contributed by atoms with van der Waals surface area (Å²) in [6.07, 6.45) is 1.28. The summed E-state index contributed by atoms with van der Waals surface area (Å²) in [5.41, 5.74) is 2.97. The fourth-order valence-electron chi connectivity index (χ4n) is 2.98. The van der Waals surface area contributed by atoms with Crippen molar-refractivity contribution in [2.24, 2.45) is 5.92 Å². The van der Waals surface area contributed by atoms with Gasteiger partial charge in [0, 0.05) is 25.2 Å². The van der Waals surface area contributed by atoms with Crippen LogP contribution in [0.15, 0.2) is 10.8 Å². The minimum atomic E-state index is 0.669. The van der Waals surface area contributed by atoms with Gasteiger partial charge in [-0.05, 0) is 54.6 Å². The van der Waals surface area contributed by atoms with Gasteiger partial charge in [-0.2, -0.15) is 11.3 Å². The molecule has 1 aliphatic rings. The predicted octanol–water partition coefficient (Wildman–Crippen LogP) is 3.26. The molecule has 18 heavy (non-hydrogen) atoms. The molecule has 1 N–H and O–H groups in total. The molecule has 2 rings (SSSR count). The molecule has 2 heterocycles. The quantitative estimate of drug-likeness (QED) is 0.900. The number of piperidine rings is 1. The lowest BCUT2D eigenvalue weighted by Crippen LogP contribution is -2.52. The van der Waals surface area contributed by atoms with Crippen molar-refractivity contribution in [1.82, 2.24) is 10.2 Å². The molecule has 2 nitrogen and oxygen atoms in total. The van der Waals surface area contributed by atoms with E-state index >= 15 is 0 Å². The maximum atomic E-state index is 3.63. The van der Waals surface area contributed by atoms with Crippen LogP contribution in [-0.4, -0.2) is 30.1 Å². The van der Waals surface area contributed by atoms with Crippen LogP contribution in [0.3, 0.4) is 0 Å². The molecule has 102 valence electrons. The SMILES string of the molecule is CCNC1CCN(Cc2cscc2C)C(C)C1C. The highest BCUT2D eigenvalue weighted by Gasteiger charge is 2.31. The highest BCUT2D eigenvalue weighted by molar-refractivity contribution is 7.08. The van der Waals surface area contributed by atoms with Gasteiger partial charge in [-0.15, -0.1) is 0 Å². The average molecular weight is 266 g/mol. The van der Waals surface area contributed by atoms with E-state index in [0.717, 1.165) is 19.0 Å². The standard InChI is InChI=1S/C15H26N2S/c1-5-16-15-6-7-17(13(4)12(15)3)8-14-10-18-9-11(14)2/h9-10,12-13,15-16H,5-8H2,1-4H3. The second kappa shape index (κ2) is 6.18. The number of aryl methyl sites for hydroxylation is 1. The van der Waals surface area contributed by atoms with Crippen LogP contribution in [0.25, 0.3) is 0 Å². The van der Waals surface area contributed by atoms with Gasteiger partial charge in [0.1, 0.15) is 0 Å². The smallest absolute Gasteiger partial charge is 0.0247 e. The van der Waals surface area contributed by atoms with Crippen molar-refractivity contribution in [3.8, 4) is 0 Å². The summed E-state index contributed by atoms with van der Waals surface area (Å²) in [6.45, 7) is 12.6. The summed E-state index contributed by atoms with van der Waals surface area (Å²) in [4.78, 5) is 2.65. The van der Waals surface area contributed by atoms with Crippen LogP contribution >= 0.6 is 11.3 Å². The number of hydrogen-bond donors (Lipinski definition) is 1. The Kier molecular flexibility index (Phi) is 4.82. The van der Waals surface area contributed by atoms with E-state index in [2.05, 4.69) is 48.7 Å². The lowest BCUT2D eigenvalue weighted by molar-refractivity contribution is 0.0790. The number of nitrogens with one attached hydrogen (secondary N) is 1. The minimum absolute atomic E-state index is 0.669. The Morgan fingerprint density at radius 2 is 2.17 bits per heavy atom. The van der Waals surface area contributed by atoms with Crippen LogP contribution in [0.1, 0.15) is 38.3 Å². The summed E-state index contributed by atoms with van der Waals surface area (Å²) in [7, 11) is 0. The summed E-state index contributed by atoms with van der Waals surface area (Å²) in [5.74, 6) is 0.734. The van der Waals surface area contributed by atoms with Gasteiger partial charge in [0.25, 0.3) is 0 Å². The molecule has 1 aliphatic heterocycles. The van der Waals surface area contributed by atoms with Crippen molar-refractivity contribution in [2.75, 3.05) is 13.1 Å². The van der Waals surface area contributed by atoms with Crippen LogP contribution in [-0.2, 0) is 6.54 Å².